The molecular weight excluding hydrogens is 250 g/mol. The van der Waals surface area contributed by atoms with E-state index < -0.39 is 24.3 Å². The van der Waals surface area contributed by atoms with Gasteiger partial charge in [0.2, 0.25) is 11.9 Å². The summed E-state index contributed by atoms with van der Waals surface area (Å²) in [5.74, 6) is -1.74. The molecule has 1 heterocycles. The van der Waals surface area contributed by atoms with E-state index in [-0.39, 0.29) is 5.95 Å². The molecule has 0 aromatic carbocycles. The average molecular weight is 267 g/mol. The highest BCUT2D eigenvalue weighted by Gasteiger charge is 2.18. The van der Waals surface area contributed by atoms with Crippen molar-refractivity contribution in [1.82, 2.24) is 15.2 Å². The number of carboxylic acids is 1. The first kappa shape index (κ1) is 15.0. The van der Waals surface area contributed by atoms with Crippen molar-refractivity contribution in [1.29, 1.82) is 0 Å². The predicted molar refractivity (Wildman–Crippen MR) is 67.4 cm³/mol. The number of carbonyl (C=O) groups excluding carboxylic acids is 1. The number of nitrogens with zero attached hydrogens (tertiary/aromatic N) is 3. The van der Waals surface area contributed by atoms with Gasteiger partial charge in [-0.15, -0.1) is 10.2 Å². The van der Waals surface area contributed by atoms with Crippen LogP contribution in [0.2, 0.25) is 0 Å². The molecule has 1 amide bonds. The van der Waals surface area contributed by atoms with E-state index in [1.807, 2.05) is 13.8 Å². The van der Waals surface area contributed by atoms with Crippen LogP contribution in [-0.2, 0) is 22.4 Å². The average Bonchev–Trinajstić information content (AvgIpc) is 2.37. The molecule has 0 saturated carbocycles. The zero-order valence-corrected chi connectivity index (χ0v) is 10.9. The molecule has 8 nitrogen and oxygen atoms in total. The minimum atomic E-state index is -1.14. The molecule has 0 bridgehead atoms. The van der Waals surface area contributed by atoms with Crippen molar-refractivity contribution < 1.29 is 14.7 Å². The third kappa shape index (κ3) is 4.25. The third-order valence-corrected chi connectivity index (χ3v) is 2.48. The Morgan fingerprint density at radius 1 is 1.26 bits per heavy atom. The summed E-state index contributed by atoms with van der Waals surface area (Å²) in [5.41, 5.74) is 6.95. The summed E-state index contributed by atoms with van der Waals surface area (Å²) in [6, 6.07) is -1.14. The van der Waals surface area contributed by atoms with Gasteiger partial charge in [-0.05, 0) is 12.8 Å². The Labute approximate surface area is 110 Å². The lowest BCUT2D eigenvalue weighted by atomic mass is 10.2. The van der Waals surface area contributed by atoms with Crippen LogP contribution in [0.5, 0.6) is 0 Å². The quantitative estimate of drug-likeness (QED) is 0.646. The summed E-state index contributed by atoms with van der Waals surface area (Å²) >= 11 is 0. The van der Waals surface area contributed by atoms with Gasteiger partial charge in [0.25, 0.3) is 0 Å². The minimum Gasteiger partial charge on any atom is -0.481 e. The Morgan fingerprint density at radius 3 is 2.42 bits per heavy atom. The van der Waals surface area contributed by atoms with Gasteiger partial charge in [0.1, 0.15) is 0 Å². The first-order chi connectivity index (χ1) is 8.97. The first-order valence-corrected chi connectivity index (χ1v) is 5.98. The fraction of sp³-hybridized carbons (Fsp3) is 0.545. The second-order valence-electron chi connectivity index (χ2n) is 3.93. The van der Waals surface area contributed by atoms with E-state index >= 15 is 0 Å². The molecule has 0 spiro atoms. The number of nitrogens with one attached hydrogen (secondary N) is 1. The summed E-state index contributed by atoms with van der Waals surface area (Å²) in [6.45, 7) is 3.86. The summed E-state index contributed by atoms with van der Waals surface area (Å²) in [6.07, 6.45) is 0.922. The molecule has 19 heavy (non-hydrogen) atoms. The second-order valence-corrected chi connectivity index (χ2v) is 3.93. The van der Waals surface area contributed by atoms with Gasteiger partial charge < -0.3 is 10.8 Å². The molecule has 1 aromatic rings. The van der Waals surface area contributed by atoms with Crippen LogP contribution in [0.25, 0.3) is 0 Å². The van der Waals surface area contributed by atoms with Crippen molar-refractivity contribution in [3.05, 3.63) is 11.4 Å². The largest absolute Gasteiger partial charge is 0.481 e. The molecule has 0 fully saturated rings. The van der Waals surface area contributed by atoms with Crippen LogP contribution in [0, 0.1) is 0 Å². The van der Waals surface area contributed by atoms with Crippen LogP contribution in [0.15, 0.2) is 0 Å². The van der Waals surface area contributed by atoms with E-state index in [4.69, 9.17) is 10.8 Å². The standard InChI is InChI=1S/C11H17N5O3/c1-3-7-8(4-2)15-16-11(13-7)14-10(19)6(12)5-9(17)18/h6H,3-5,12H2,1-2H3,(H,17,18)(H,13,14,16,19). The molecule has 0 aliphatic heterocycles. The zero-order chi connectivity index (χ0) is 14.4. The Morgan fingerprint density at radius 2 is 1.89 bits per heavy atom. The lowest BCUT2D eigenvalue weighted by Gasteiger charge is -2.10. The molecule has 8 heteroatoms. The maximum atomic E-state index is 11.6. The molecular formula is C11H17N5O3. The van der Waals surface area contributed by atoms with Gasteiger partial charge in [-0.1, -0.05) is 13.8 Å². The van der Waals surface area contributed by atoms with Crippen molar-refractivity contribution in [2.75, 3.05) is 5.32 Å². The van der Waals surface area contributed by atoms with Crippen LogP contribution in [0.4, 0.5) is 5.95 Å². The van der Waals surface area contributed by atoms with Gasteiger partial charge >= 0.3 is 5.97 Å². The van der Waals surface area contributed by atoms with Gasteiger partial charge in [0.05, 0.1) is 23.9 Å². The van der Waals surface area contributed by atoms with Crippen LogP contribution < -0.4 is 11.1 Å². The smallest absolute Gasteiger partial charge is 0.305 e. The van der Waals surface area contributed by atoms with Crippen molar-refractivity contribution in [2.24, 2.45) is 5.73 Å². The number of aromatic nitrogens is 3. The zero-order valence-electron chi connectivity index (χ0n) is 10.9. The molecule has 1 unspecified atom stereocenters. The molecule has 104 valence electrons. The fourth-order valence-electron chi connectivity index (χ4n) is 1.47. The highest BCUT2D eigenvalue weighted by Crippen LogP contribution is 2.07. The first-order valence-electron chi connectivity index (χ1n) is 5.98. The van der Waals surface area contributed by atoms with Crippen LogP contribution in [-0.4, -0.2) is 38.2 Å². The highest BCUT2D eigenvalue weighted by molar-refractivity contribution is 5.95. The van der Waals surface area contributed by atoms with Crippen LogP contribution >= 0.6 is 0 Å². The lowest BCUT2D eigenvalue weighted by Crippen LogP contribution is -2.38. The number of amides is 1. The lowest BCUT2D eigenvalue weighted by molar-refractivity contribution is -0.138. The number of carboxylic acid groups (broad SMARTS) is 1. The fourth-order valence-corrected chi connectivity index (χ4v) is 1.47. The number of rotatable bonds is 6. The van der Waals surface area contributed by atoms with Gasteiger partial charge in [-0.25, -0.2) is 4.98 Å². The maximum absolute atomic E-state index is 11.6. The normalized spacial score (nSPS) is 11.9. The van der Waals surface area contributed by atoms with E-state index in [0.717, 1.165) is 11.4 Å². The number of carbonyl (C=O) groups is 2. The molecule has 0 aliphatic rings. The summed E-state index contributed by atoms with van der Waals surface area (Å²) in [5, 5.41) is 18.6. The van der Waals surface area contributed by atoms with E-state index in [0.29, 0.717) is 12.8 Å². The van der Waals surface area contributed by atoms with Crippen molar-refractivity contribution in [3.8, 4) is 0 Å². The summed E-state index contributed by atoms with van der Waals surface area (Å²) in [7, 11) is 0. The van der Waals surface area contributed by atoms with Gasteiger partial charge in [0, 0.05) is 0 Å². The molecule has 0 saturated heterocycles. The highest BCUT2D eigenvalue weighted by atomic mass is 16.4. The second kappa shape index (κ2) is 6.74. The minimum absolute atomic E-state index is 0.0416. The Hall–Kier alpha value is -2.09. The van der Waals surface area contributed by atoms with E-state index in [2.05, 4.69) is 20.5 Å². The number of aliphatic carboxylic acids is 1. The third-order valence-electron chi connectivity index (χ3n) is 2.48. The van der Waals surface area contributed by atoms with Crippen molar-refractivity contribution in [3.63, 3.8) is 0 Å². The number of hydrogen-bond acceptors (Lipinski definition) is 6. The molecule has 4 N–H and O–H groups in total. The molecule has 1 rings (SSSR count). The molecule has 0 aliphatic carbocycles. The number of hydrogen-bond donors (Lipinski definition) is 3. The van der Waals surface area contributed by atoms with Crippen LogP contribution in [0.1, 0.15) is 31.7 Å². The number of aryl methyl sites for hydroxylation is 2. The SMILES string of the molecule is CCc1nnc(NC(=O)C(N)CC(=O)O)nc1CC. The number of nitrogens with two attached hydrogens (primary N) is 1. The predicted octanol–water partition coefficient (Wildman–Crippen LogP) is -0.263. The van der Waals surface area contributed by atoms with Gasteiger partial charge in [-0.2, -0.15) is 0 Å². The number of anilines is 1. The molecule has 0 radical (unpaired) electrons. The van der Waals surface area contributed by atoms with Gasteiger partial charge in [0.15, 0.2) is 0 Å². The Bertz CT molecular complexity index is 477. The van der Waals surface area contributed by atoms with Crippen molar-refractivity contribution >= 4 is 17.8 Å². The van der Waals surface area contributed by atoms with E-state index in [1.165, 1.54) is 0 Å². The molecule has 1 atom stereocenters. The van der Waals surface area contributed by atoms with Crippen molar-refractivity contribution in [2.45, 2.75) is 39.2 Å². The Balaban J connectivity index is 2.77. The summed E-state index contributed by atoms with van der Waals surface area (Å²) < 4.78 is 0. The molecule has 1 aromatic heterocycles. The summed E-state index contributed by atoms with van der Waals surface area (Å²) in [4.78, 5) is 26.2. The monoisotopic (exact) mass is 267 g/mol. The Kier molecular flexibility index (Phi) is 5.31. The van der Waals surface area contributed by atoms with Crippen LogP contribution in [0.3, 0.4) is 0 Å². The maximum Gasteiger partial charge on any atom is 0.305 e. The topological polar surface area (TPSA) is 131 Å². The van der Waals surface area contributed by atoms with Gasteiger partial charge in [-0.3, -0.25) is 14.9 Å². The van der Waals surface area contributed by atoms with E-state index in [1.54, 1.807) is 0 Å². The van der Waals surface area contributed by atoms with E-state index in [9.17, 15) is 9.59 Å².